The summed E-state index contributed by atoms with van der Waals surface area (Å²) in [6, 6.07) is 13.7. The van der Waals surface area contributed by atoms with E-state index in [1.165, 1.54) is 6.92 Å². The minimum absolute atomic E-state index is 0.0593. The molecule has 2 amide bonds. The van der Waals surface area contributed by atoms with Crippen LogP contribution in [0.3, 0.4) is 0 Å². The second kappa shape index (κ2) is 9.36. The first-order valence-electron chi connectivity index (χ1n) is 8.37. The van der Waals surface area contributed by atoms with Crippen molar-refractivity contribution < 1.29 is 19.1 Å². The molecular formula is C20H22N2O4. The van der Waals surface area contributed by atoms with E-state index >= 15 is 0 Å². The Kier molecular flexibility index (Phi) is 6.91. The Balaban J connectivity index is 1.80. The lowest BCUT2D eigenvalue weighted by Gasteiger charge is -2.09. The van der Waals surface area contributed by atoms with Crippen molar-refractivity contribution in [2.24, 2.45) is 0 Å². The van der Waals surface area contributed by atoms with E-state index in [1.807, 2.05) is 6.92 Å². The van der Waals surface area contributed by atoms with Crippen molar-refractivity contribution in [3.05, 3.63) is 65.2 Å². The average Bonchev–Trinajstić information content (AvgIpc) is 2.65. The molecule has 0 aromatic heterocycles. The third-order valence-corrected chi connectivity index (χ3v) is 3.65. The molecule has 6 heteroatoms. The molecule has 0 unspecified atom stereocenters. The van der Waals surface area contributed by atoms with Gasteiger partial charge in [0, 0.05) is 24.2 Å². The number of carbonyl (C=O) groups is 3. The monoisotopic (exact) mass is 354 g/mol. The molecule has 6 nitrogen and oxygen atoms in total. The second-order valence-corrected chi connectivity index (χ2v) is 5.71. The fraction of sp³-hybridized carbons (Fsp3) is 0.250. The number of nitrogens with one attached hydrogen (secondary N) is 2. The molecule has 0 heterocycles. The molecule has 0 atom stereocenters. The van der Waals surface area contributed by atoms with Crippen molar-refractivity contribution in [1.82, 2.24) is 10.6 Å². The van der Waals surface area contributed by atoms with Gasteiger partial charge in [0.2, 0.25) is 0 Å². The Hall–Kier alpha value is -3.15. The summed E-state index contributed by atoms with van der Waals surface area (Å²) in [5.74, 6) is 0.0189. The Bertz CT molecular complexity index is 785. The predicted octanol–water partition coefficient (Wildman–Crippen LogP) is 2.33. The van der Waals surface area contributed by atoms with Crippen LogP contribution >= 0.6 is 0 Å². The maximum Gasteiger partial charge on any atom is 0.258 e. The number of amides is 2. The van der Waals surface area contributed by atoms with Gasteiger partial charge >= 0.3 is 0 Å². The maximum absolute atomic E-state index is 11.9. The molecule has 0 saturated heterocycles. The quantitative estimate of drug-likeness (QED) is 0.713. The zero-order chi connectivity index (χ0) is 18.9. The molecule has 26 heavy (non-hydrogen) atoms. The lowest BCUT2D eigenvalue weighted by atomic mass is 10.1. The molecule has 0 spiro atoms. The van der Waals surface area contributed by atoms with Crippen LogP contribution in [0.15, 0.2) is 48.5 Å². The molecule has 2 aromatic carbocycles. The first-order chi connectivity index (χ1) is 12.5. The van der Waals surface area contributed by atoms with Gasteiger partial charge in [0.15, 0.2) is 12.4 Å². The van der Waals surface area contributed by atoms with Crippen LogP contribution in [0.5, 0.6) is 5.75 Å². The van der Waals surface area contributed by atoms with Crippen molar-refractivity contribution in [2.75, 3.05) is 13.2 Å². The van der Waals surface area contributed by atoms with Crippen molar-refractivity contribution >= 4 is 17.6 Å². The zero-order valence-electron chi connectivity index (χ0n) is 14.9. The smallest absolute Gasteiger partial charge is 0.258 e. The molecule has 0 radical (unpaired) electrons. The first kappa shape index (κ1) is 19.2. The van der Waals surface area contributed by atoms with Crippen LogP contribution in [-0.2, 0) is 11.3 Å². The highest BCUT2D eigenvalue weighted by atomic mass is 16.5. The SMILES string of the molecule is CCNC(=O)c1ccc(CNC(=O)COc2cccc(C(C)=O)c2)cc1. The molecule has 0 aliphatic heterocycles. The van der Waals surface area contributed by atoms with Crippen molar-refractivity contribution in [1.29, 1.82) is 0 Å². The van der Waals surface area contributed by atoms with E-state index in [-0.39, 0.29) is 24.2 Å². The van der Waals surface area contributed by atoms with Gasteiger partial charge in [-0.05, 0) is 43.7 Å². The minimum Gasteiger partial charge on any atom is -0.484 e. The van der Waals surface area contributed by atoms with Crippen LogP contribution in [0, 0.1) is 0 Å². The molecule has 0 aliphatic carbocycles. The number of ether oxygens (including phenoxy) is 1. The van der Waals surface area contributed by atoms with Crippen molar-refractivity contribution in [2.45, 2.75) is 20.4 Å². The van der Waals surface area contributed by atoms with Gasteiger partial charge in [-0.3, -0.25) is 14.4 Å². The Labute approximate surface area is 152 Å². The first-order valence-corrected chi connectivity index (χ1v) is 8.37. The van der Waals surface area contributed by atoms with Gasteiger partial charge in [-0.15, -0.1) is 0 Å². The highest BCUT2D eigenvalue weighted by Crippen LogP contribution is 2.13. The van der Waals surface area contributed by atoms with E-state index in [4.69, 9.17) is 4.74 Å². The van der Waals surface area contributed by atoms with Crippen LogP contribution in [0.25, 0.3) is 0 Å². The highest BCUT2D eigenvalue weighted by Gasteiger charge is 2.06. The van der Waals surface area contributed by atoms with E-state index in [0.29, 0.717) is 30.0 Å². The topological polar surface area (TPSA) is 84.5 Å². The number of hydrogen-bond acceptors (Lipinski definition) is 4. The second-order valence-electron chi connectivity index (χ2n) is 5.71. The lowest BCUT2D eigenvalue weighted by Crippen LogP contribution is -2.28. The third kappa shape index (κ3) is 5.73. The molecule has 136 valence electrons. The summed E-state index contributed by atoms with van der Waals surface area (Å²) in [5.41, 5.74) is 2.00. The van der Waals surface area contributed by atoms with Gasteiger partial charge in [0.1, 0.15) is 5.75 Å². The van der Waals surface area contributed by atoms with Crippen molar-refractivity contribution in [3.63, 3.8) is 0 Å². The summed E-state index contributed by atoms with van der Waals surface area (Å²) in [5, 5.41) is 5.48. The number of rotatable bonds is 8. The summed E-state index contributed by atoms with van der Waals surface area (Å²) >= 11 is 0. The van der Waals surface area contributed by atoms with Gasteiger partial charge in [0.25, 0.3) is 11.8 Å². The van der Waals surface area contributed by atoms with E-state index in [9.17, 15) is 14.4 Å². The fourth-order valence-corrected chi connectivity index (χ4v) is 2.24. The average molecular weight is 354 g/mol. The van der Waals surface area contributed by atoms with Gasteiger partial charge in [-0.1, -0.05) is 24.3 Å². The minimum atomic E-state index is -0.272. The van der Waals surface area contributed by atoms with Crippen LogP contribution in [0.2, 0.25) is 0 Å². The maximum atomic E-state index is 11.9. The summed E-state index contributed by atoms with van der Waals surface area (Å²) in [4.78, 5) is 34.9. The van der Waals surface area contributed by atoms with Gasteiger partial charge in [-0.25, -0.2) is 0 Å². The lowest BCUT2D eigenvalue weighted by molar-refractivity contribution is -0.123. The summed E-state index contributed by atoms with van der Waals surface area (Å²) in [6.07, 6.45) is 0. The van der Waals surface area contributed by atoms with Crippen LogP contribution < -0.4 is 15.4 Å². The Morgan fingerprint density at radius 1 is 0.962 bits per heavy atom. The Morgan fingerprint density at radius 2 is 1.69 bits per heavy atom. The molecule has 0 aliphatic rings. The molecule has 2 aromatic rings. The van der Waals surface area contributed by atoms with E-state index in [2.05, 4.69) is 10.6 Å². The van der Waals surface area contributed by atoms with Crippen LogP contribution in [0.4, 0.5) is 0 Å². The number of Topliss-reactive ketones (excluding diaryl/α,β-unsaturated/α-hetero) is 1. The number of benzene rings is 2. The zero-order valence-corrected chi connectivity index (χ0v) is 14.9. The van der Waals surface area contributed by atoms with Crippen LogP contribution in [0.1, 0.15) is 40.1 Å². The van der Waals surface area contributed by atoms with E-state index in [0.717, 1.165) is 5.56 Å². The summed E-state index contributed by atoms with van der Waals surface area (Å²) in [6.45, 7) is 4.11. The number of hydrogen-bond donors (Lipinski definition) is 2. The molecule has 0 fully saturated rings. The molecule has 2 N–H and O–H groups in total. The third-order valence-electron chi connectivity index (χ3n) is 3.65. The molecule has 2 rings (SSSR count). The summed E-state index contributed by atoms with van der Waals surface area (Å²) in [7, 11) is 0. The molecule has 0 saturated carbocycles. The highest BCUT2D eigenvalue weighted by molar-refractivity contribution is 5.94. The predicted molar refractivity (Wildman–Crippen MR) is 98.2 cm³/mol. The van der Waals surface area contributed by atoms with E-state index in [1.54, 1.807) is 48.5 Å². The van der Waals surface area contributed by atoms with Gasteiger partial charge in [0.05, 0.1) is 0 Å². The van der Waals surface area contributed by atoms with Crippen LogP contribution in [-0.4, -0.2) is 30.7 Å². The van der Waals surface area contributed by atoms with E-state index < -0.39 is 0 Å². The van der Waals surface area contributed by atoms with Gasteiger partial charge in [-0.2, -0.15) is 0 Å². The van der Waals surface area contributed by atoms with Gasteiger partial charge < -0.3 is 15.4 Å². The standard InChI is InChI=1S/C20H22N2O4/c1-3-21-20(25)16-9-7-15(8-10-16)12-22-19(24)13-26-18-6-4-5-17(11-18)14(2)23/h4-11H,3,12-13H2,1-2H3,(H,21,25)(H,22,24). The number of carbonyl (C=O) groups excluding carboxylic acids is 3. The molecular weight excluding hydrogens is 332 g/mol. The Morgan fingerprint density at radius 3 is 2.35 bits per heavy atom. The van der Waals surface area contributed by atoms with Crippen molar-refractivity contribution in [3.8, 4) is 5.75 Å². The fourth-order valence-electron chi connectivity index (χ4n) is 2.24. The largest absolute Gasteiger partial charge is 0.484 e. The number of ketones is 1. The normalized spacial score (nSPS) is 10.1. The summed E-state index contributed by atoms with van der Waals surface area (Å²) < 4.78 is 5.41. The molecule has 0 bridgehead atoms.